The SMILES string of the molecule is CC(NC(=O)C1=CC(NC(=S)Nc2ccc(C(C)C)cc2Br)C(OC(=O)Nc2ccccc2)C(OC(=O)Nc2ccccc2)C1)C(N)=O. The maximum atomic E-state index is 13.3. The molecule has 3 aromatic carbocycles. The van der Waals surface area contributed by atoms with E-state index in [1.165, 1.54) is 13.0 Å². The Labute approximate surface area is 292 Å². The standard InChI is InChI=1S/C34H37BrN6O6S/c1-19(2)21-14-15-26(25(35)16-21)40-32(48)41-27-17-22(31(43)37-20(3)30(36)42)18-28(46-33(44)38-23-10-6-4-7-11-23)29(27)47-34(45)39-24-12-8-5-9-13-24/h4-17,19-20,27-29H,18H2,1-3H3,(H2,36,42)(H,37,43)(H,38,44)(H,39,45)(H2,40,41,48). The number of para-hydroxylation sites is 2. The van der Waals surface area contributed by atoms with E-state index in [1.54, 1.807) is 60.7 Å². The molecule has 0 aliphatic heterocycles. The van der Waals surface area contributed by atoms with Crippen LogP contribution in [0, 0.1) is 0 Å². The van der Waals surface area contributed by atoms with Crippen LogP contribution in [0.3, 0.4) is 0 Å². The highest BCUT2D eigenvalue weighted by Crippen LogP contribution is 2.29. The van der Waals surface area contributed by atoms with Crippen molar-refractivity contribution in [3.05, 3.63) is 101 Å². The molecule has 0 saturated carbocycles. The lowest BCUT2D eigenvalue weighted by Crippen LogP contribution is -2.55. The summed E-state index contributed by atoms with van der Waals surface area (Å²) in [5.41, 5.74) is 8.24. The van der Waals surface area contributed by atoms with Crippen molar-refractivity contribution < 1.29 is 28.7 Å². The Kier molecular flexibility index (Phi) is 12.5. The number of carbonyl (C=O) groups excluding carboxylic acids is 4. The largest absolute Gasteiger partial charge is 0.442 e. The molecule has 0 saturated heterocycles. The van der Waals surface area contributed by atoms with Gasteiger partial charge in [-0.2, -0.15) is 0 Å². The first-order chi connectivity index (χ1) is 22.9. The highest BCUT2D eigenvalue weighted by molar-refractivity contribution is 9.10. The van der Waals surface area contributed by atoms with E-state index in [-0.39, 0.29) is 17.1 Å². The highest BCUT2D eigenvalue weighted by atomic mass is 79.9. The Morgan fingerprint density at radius 1 is 0.854 bits per heavy atom. The number of ether oxygens (including phenoxy) is 2. The number of rotatable bonds is 10. The van der Waals surface area contributed by atoms with Crippen molar-refractivity contribution in [2.45, 2.75) is 57.4 Å². The molecule has 0 bridgehead atoms. The quantitative estimate of drug-likeness (QED) is 0.141. The van der Waals surface area contributed by atoms with Crippen LogP contribution in [0.5, 0.6) is 0 Å². The normalized spacial score (nSPS) is 17.6. The van der Waals surface area contributed by atoms with Gasteiger partial charge in [-0.3, -0.25) is 20.2 Å². The molecule has 0 aromatic heterocycles. The van der Waals surface area contributed by atoms with Gasteiger partial charge in [0.1, 0.15) is 12.1 Å². The first-order valence-corrected chi connectivity index (χ1v) is 16.3. The molecule has 0 spiro atoms. The second kappa shape index (κ2) is 16.7. The van der Waals surface area contributed by atoms with Crippen molar-refractivity contribution in [3.8, 4) is 0 Å². The minimum absolute atomic E-state index is 0.131. The lowest BCUT2D eigenvalue weighted by molar-refractivity contribution is -0.125. The molecular weight excluding hydrogens is 700 g/mol. The molecule has 1 aliphatic rings. The van der Waals surface area contributed by atoms with E-state index in [2.05, 4.69) is 56.4 Å². The number of primary amides is 1. The van der Waals surface area contributed by atoms with Gasteiger partial charge >= 0.3 is 12.2 Å². The van der Waals surface area contributed by atoms with Crippen molar-refractivity contribution in [1.29, 1.82) is 0 Å². The number of thiocarbonyl (C=S) groups is 1. The topological polar surface area (TPSA) is 173 Å². The van der Waals surface area contributed by atoms with Gasteiger partial charge in [-0.1, -0.05) is 56.3 Å². The van der Waals surface area contributed by atoms with Gasteiger partial charge in [0, 0.05) is 27.8 Å². The van der Waals surface area contributed by atoms with Crippen LogP contribution in [0.15, 0.2) is 95.0 Å². The predicted molar refractivity (Wildman–Crippen MR) is 192 cm³/mol. The number of anilines is 3. The number of nitrogens with two attached hydrogens (primary N) is 1. The molecule has 0 fully saturated rings. The van der Waals surface area contributed by atoms with Gasteiger partial charge in [0.25, 0.3) is 0 Å². The third kappa shape index (κ3) is 10.3. The van der Waals surface area contributed by atoms with Crippen LogP contribution in [0.2, 0.25) is 0 Å². The minimum Gasteiger partial charge on any atom is -0.442 e. The van der Waals surface area contributed by atoms with Crippen molar-refractivity contribution in [3.63, 3.8) is 0 Å². The van der Waals surface area contributed by atoms with Crippen LogP contribution in [0.25, 0.3) is 0 Å². The molecule has 12 nitrogen and oxygen atoms in total. The third-order valence-electron chi connectivity index (χ3n) is 7.34. The monoisotopic (exact) mass is 736 g/mol. The Morgan fingerprint density at radius 3 is 1.98 bits per heavy atom. The molecule has 252 valence electrons. The van der Waals surface area contributed by atoms with E-state index in [0.29, 0.717) is 23.0 Å². The molecule has 1 aliphatic carbocycles. The smallest absolute Gasteiger partial charge is 0.412 e. The molecule has 4 rings (SSSR count). The van der Waals surface area contributed by atoms with E-state index >= 15 is 0 Å². The van der Waals surface area contributed by atoms with Crippen LogP contribution >= 0.6 is 28.1 Å². The fraction of sp³-hybridized carbons (Fsp3) is 0.265. The first kappa shape index (κ1) is 35.9. The number of carbonyl (C=O) groups is 4. The number of halogens is 1. The van der Waals surface area contributed by atoms with E-state index < -0.39 is 48.3 Å². The van der Waals surface area contributed by atoms with E-state index in [0.717, 1.165) is 10.0 Å². The Morgan fingerprint density at radius 2 is 1.44 bits per heavy atom. The average molecular weight is 738 g/mol. The third-order valence-corrected chi connectivity index (χ3v) is 8.21. The van der Waals surface area contributed by atoms with Crippen LogP contribution < -0.4 is 32.3 Å². The summed E-state index contributed by atoms with van der Waals surface area (Å²) in [6, 6.07) is 21.1. The first-order valence-electron chi connectivity index (χ1n) is 15.1. The van der Waals surface area contributed by atoms with E-state index in [1.807, 2.05) is 18.2 Å². The van der Waals surface area contributed by atoms with E-state index in [9.17, 15) is 19.2 Å². The average Bonchev–Trinajstić information content (AvgIpc) is 3.04. The molecule has 0 radical (unpaired) electrons. The maximum Gasteiger partial charge on any atom is 0.412 e. The Bertz CT molecular complexity index is 1670. The predicted octanol–water partition coefficient (Wildman–Crippen LogP) is 5.78. The molecule has 3 aromatic rings. The van der Waals surface area contributed by atoms with Crippen LogP contribution in [-0.4, -0.2) is 53.4 Å². The zero-order chi connectivity index (χ0) is 34.8. The fourth-order valence-electron chi connectivity index (χ4n) is 4.75. The number of hydrogen-bond acceptors (Lipinski definition) is 7. The van der Waals surface area contributed by atoms with Crippen molar-refractivity contribution in [1.82, 2.24) is 10.6 Å². The van der Waals surface area contributed by atoms with Crippen molar-refractivity contribution >= 4 is 74.3 Å². The van der Waals surface area contributed by atoms with Gasteiger partial charge in [0.15, 0.2) is 11.2 Å². The molecular formula is C34H37BrN6O6S. The van der Waals surface area contributed by atoms with Crippen molar-refractivity contribution in [2.24, 2.45) is 5.73 Å². The molecule has 48 heavy (non-hydrogen) atoms. The molecule has 7 N–H and O–H groups in total. The van der Waals surface area contributed by atoms with Crippen molar-refractivity contribution in [2.75, 3.05) is 16.0 Å². The molecule has 4 unspecified atom stereocenters. The van der Waals surface area contributed by atoms with Gasteiger partial charge in [-0.25, -0.2) is 9.59 Å². The number of hydrogen-bond donors (Lipinski definition) is 6. The second-order valence-electron chi connectivity index (χ2n) is 11.3. The molecule has 14 heteroatoms. The summed E-state index contributed by atoms with van der Waals surface area (Å²) in [6.07, 6.45) is -2.67. The summed E-state index contributed by atoms with van der Waals surface area (Å²) in [5.74, 6) is -1.04. The summed E-state index contributed by atoms with van der Waals surface area (Å²) in [6.45, 7) is 5.62. The van der Waals surface area contributed by atoms with Gasteiger partial charge < -0.3 is 31.2 Å². The maximum absolute atomic E-state index is 13.3. The Balaban J connectivity index is 1.64. The molecule has 0 heterocycles. The summed E-state index contributed by atoms with van der Waals surface area (Å²) < 4.78 is 12.4. The van der Waals surface area contributed by atoms with Crippen LogP contribution in [0.4, 0.5) is 26.7 Å². The minimum atomic E-state index is -1.18. The Hall–Kier alpha value is -4.95. The van der Waals surface area contributed by atoms with Gasteiger partial charge in [-0.15, -0.1) is 0 Å². The zero-order valence-electron chi connectivity index (χ0n) is 26.5. The van der Waals surface area contributed by atoms with Gasteiger partial charge in [0.05, 0.1) is 11.7 Å². The lowest BCUT2D eigenvalue weighted by atomic mass is 9.89. The van der Waals surface area contributed by atoms with Crippen LogP contribution in [0.1, 0.15) is 38.7 Å². The highest BCUT2D eigenvalue weighted by Gasteiger charge is 2.41. The summed E-state index contributed by atoms with van der Waals surface area (Å²) in [4.78, 5) is 51.3. The van der Waals surface area contributed by atoms with Crippen LogP contribution in [-0.2, 0) is 19.1 Å². The second-order valence-corrected chi connectivity index (χ2v) is 12.6. The lowest BCUT2D eigenvalue weighted by Gasteiger charge is -2.36. The van der Waals surface area contributed by atoms with E-state index in [4.69, 9.17) is 27.4 Å². The van der Waals surface area contributed by atoms with Gasteiger partial charge in [0.2, 0.25) is 11.8 Å². The number of amides is 4. The fourth-order valence-corrected chi connectivity index (χ4v) is 5.50. The number of nitrogens with one attached hydrogen (secondary N) is 5. The van der Waals surface area contributed by atoms with Gasteiger partial charge in [-0.05, 0) is 89.0 Å². The molecule has 4 atom stereocenters. The summed E-state index contributed by atoms with van der Waals surface area (Å²) in [5, 5.41) is 14.2. The number of benzene rings is 3. The summed E-state index contributed by atoms with van der Waals surface area (Å²) in [7, 11) is 0. The summed E-state index contributed by atoms with van der Waals surface area (Å²) >= 11 is 9.22. The molecule has 4 amide bonds. The zero-order valence-corrected chi connectivity index (χ0v) is 28.9.